The first kappa shape index (κ1) is 21.5. The molecule has 0 bridgehead atoms. The molecule has 0 aliphatic carbocycles. The van der Waals surface area contributed by atoms with Crippen molar-refractivity contribution in [2.45, 2.75) is 85.5 Å². The molecule has 0 heterocycles. The number of aromatic hydroxyl groups is 1. The average Bonchev–Trinajstić information content (AvgIpc) is 2.49. The molecule has 0 radical (unpaired) electrons. The van der Waals surface area contributed by atoms with Crippen LogP contribution in [0, 0.1) is 5.92 Å². The number of ether oxygens (including phenoxy) is 1. The summed E-state index contributed by atoms with van der Waals surface area (Å²) in [5.41, 5.74) is 2.90. The van der Waals surface area contributed by atoms with Gasteiger partial charge in [-0.05, 0) is 46.8 Å². The molecule has 1 unspecified atom stereocenters. The van der Waals surface area contributed by atoms with Gasteiger partial charge in [0, 0.05) is 0 Å². The molecule has 25 heavy (non-hydrogen) atoms. The fraction of sp³-hybridized carbons (Fsp3) is 0.682. The first-order chi connectivity index (χ1) is 11.4. The molecule has 3 nitrogen and oxygen atoms in total. The zero-order chi connectivity index (χ0) is 19.4. The maximum Gasteiger partial charge on any atom is 0.308 e. The Morgan fingerprint density at radius 3 is 1.96 bits per heavy atom. The predicted octanol–water partition coefficient (Wildman–Crippen LogP) is 5.51. The van der Waals surface area contributed by atoms with Gasteiger partial charge in [0.15, 0.2) is 0 Å². The van der Waals surface area contributed by atoms with E-state index in [1.54, 1.807) is 0 Å². The lowest BCUT2D eigenvalue weighted by Gasteiger charge is -2.28. The fourth-order valence-corrected chi connectivity index (χ4v) is 2.74. The van der Waals surface area contributed by atoms with E-state index in [2.05, 4.69) is 53.7 Å². The minimum Gasteiger partial charge on any atom is -0.507 e. The molecule has 0 fully saturated rings. The van der Waals surface area contributed by atoms with Crippen LogP contribution in [-0.2, 0) is 26.8 Å². The van der Waals surface area contributed by atoms with E-state index in [1.165, 1.54) is 5.56 Å². The molecule has 0 saturated carbocycles. The smallest absolute Gasteiger partial charge is 0.308 e. The number of phenols is 1. The van der Waals surface area contributed by atoms with Gasteiger partial charge in [0.05, 0.1) is 12.5 Å². The minimum atomic E-state index is -0.122. The summed E-state index contributed by atoms with van der Waals surface area (Å²) >= 11 is 0. The number of carbonyl (C=O) groups is 1. The van der Waals surface area contributed by atoms with Crippen LogP contribution in [0.5, 0.6) is 5.75 Å². The van der Waals surface area contributed by atoms with E-state index in [9.17, 15) is 9.90 Å². The number of phenolic OH excluding ortho intramolecular Hbond substituents is 1. The Hall–Kier alpha value is -1.51. The molecule has 0 aromatic heterocycles. The number of carbonyl (C=O) groups excluding carboxylic acids is 1. The Balaban J connectivity index is 2.92. The number of esters is 1. The van der Waals surface area contributed by atoms with Crippen molar-refractivity contribution in [3.8, 4) is 5.75 Å². The molecule has 0 spiro atoms. The monoisotopic (exact) mass is 348 g/mol. The van der Waals surface area contributed by atoms with E-state index in [4.69, 9.17) is 4.74 Å². The molecule has 0 saturated heterocycles. The second-order valence-electron chi connectivity index (χ2n) is 9.12. The lowest BCUT2D eigenvalue weighted by atomic mass is 9.78. The van der Waals surface area contributed by atoms with Crippen molar-refractivity contribution >= 4 is 5.97 Å². The third-order valence-electron chi connectivity index (χ3n) is 4.65. The summed E-state index contributed by atoms with van der Waals surface area (Å²) < 4.78 is 5.35. The van der Waals surface area contributed by atoms with Crippen molar-refractivity contribution in [3.63, 3.8) is 0 Å². The van der Waals surface area contributed by atoms with Crippen LogP contribution in [0.1, 0.15) is 84.9 Å². The van der Waals surface area contributed by atoms with E-state index in [0.29, 0.717) is 12.4 Å². The Morgan fingerprint density at radius 2 is 1.56 bits per heavy atom. The quantitative estimate of drug-likeness (QED) is 0.545. The van der Waals surface area contributed by atoms with Gasteiger partial charge in [-0.3, -0.25) is 4.79 Å². The van der Waals surface area contributed by atoms with Gasteiger partial charge in [0.1, 0.15) is 5.75 Å². The molecular weight excluding hydrogens is 312 g/mol. The van der Waals surface area contributed by atoms with Gasteiger partial charge in [-0.15, -0.1) is 0 Å². The van der Waals surface area contributed by atoms with Crippen molar-refractivity contribution in [3.05, 3.63) is 28.8 Å². The topological polar surface area (TPSA) is 46.5 Å². The Labute approximate surface area is 153 Å². The fourth-order valence-electron chi connectivity index (χ4n) is 2.74. The molecule has 1 atom stereocenters. The van der Waals surface area contributed by atoms with Crippen molar-refractivity contribution < 1.29 is 14.6 Å². The Morgan fingerprint density at radius 1 is 1.08 bits per heavy atom. The summed E-state index contributed by atoms with van der Waals surface area (Å²) in [4.78, 5) is 11.7. The Kier molecular flexibility index (Phi) is 7.10. The van der Waals surface area contributed by atoms with Gasteiger partial charge in [-0.25, -0.2) is 0 Å². The van der Waals surface area contributed by atoms with E-state index in [1.807, 2.05) is 13.8 Å². The van der Waals surface area contributed by atoms with Crippen LogP contribution in [0.3, 0.4) is 0 Å². The maximum absolute atomic E-state index is 11.7. The number of hydrogen-bond donors (Lipinski definition) is 1. The first-order valence-corrected chi connectivity index (χ1v) is 9.41. The van der Waals surface area contributed by atoms with Gasteiger partial charge in [-0.1, -0.05) is 67.5 Å². The summed E-state index contributed by atoms with van der Waals surface area (Å²) in [6.45, 7) is 17.0. The predicted molar refractivity (Wildman–Crippen MR) is 104 cm³/mol. The van der Waals surface area contributed by atoms with Gasteiger partial charge in [-0.2, -0.15) is 0 Å². The second-order valence-corrected chi connectivity index (χ2v) is 9.12. The van der Waals surface area contributed by atoms with Crippen LogP contribution in [0.25, 0.3) is 0 Å². The molecule has 1 aromatic carbocycles. The molecule has 142 valence electrons. The SMILES string of the molecule is CCC(C)C(=O)OCCCc1cc(C(C)(C)C)c(O)c(C(C)(C)C)c1. The molecule has 1 N–H and O–H groups in total. The molecule has 1 aromatic rings. The number of aryl methyl sites for hydroxylation is 1. The first-order valence-electron chi connectivity index (χ1n) is 9.41. The van der Waals surface area contributed by atoms with Crippen LogP contribution in [0.2, 0.25) is 0 Å². The van der Waals surface area contributed by atoms with Crippen LogP contribution < -0.4 is 0 Å². The van der Waals surface area contributed by atoms with Crippen molar-refractivity contribution in [2.24, 2.45) is 5.92 Å². The van der Waals surface area contributed by atoms with E-state index < -0.39 is 0 Å². The summed E-state index contributed by atoms with van der Waals surface area (Å²) in [6.07, 6.45) is 2.43. The highest BCUT2D eigenvalue weighted by atomic mass is 16.5. The molecular formula is C22H36O3. The zero-order valence-electron chi connectivity index (χ0n) is 17.3. The normalized spacial score (nSPS) is 13.6. The van der Waals surface area contributed by atoms with E-state index in [0.717, 1.165) is 30.4 Å². The Bertz CT molecular complexity index is 553. The maximum atomic E-state index is 11.7. The van der Waals surface area contributed by atoms with Crippen molar-refractivity contribution in [1.29, 1.82) is 0 Å². The zero-order valence-corrected chi connectivity index (χ0v) is 17.3. The molecule has 0 amide bonds. The third-order valence-corrected chi connectivity index (χ3v) is 4.65. The standard InChI is InChI=1S/C22H36O3/c1-9-15(2)20(24)25-12-10-11-16-13-17(21(3,4)5)19(23)18(14-16)22(6,7)8/h13-15,23H,9-12H2,1-8H3. The summed E-state index contributed by atoms with van der Waals surface area (Å²) in [7, 11) is 0. The lowest BCUT2D eigenvalue weighted by Crippen LogP contribution is -2.18. The van der Waals surface area contributed by atoms with Gasteiger partial charge in [0.2, 0.25) is 0 Å². The third kappa shape index (κ3) is 6.05. The van der Waals surface area contributed by atoms with Gasteiger partial charge in [0.25, 0.3) is 0 Å². The number of rotatable bonds is 6. The summed E-state index contributed by atoms with van der Waals surface area (Å²) in [5.74, 6) is 0.263. The highest BCUT2D eigenvalue weighted by Gasteiger charge is 2.26. The highest BCUT2D eigenvalue weighted by molar-refractivity contribution is 5.71. The molecule has 0 aliphatic rings. The highest BCUT2D eigenvalue weighted by Crippen LogP contribution is 2.39. The molecule has 1 rings (SSSR count). The summed E-state index contributed by atoms with van der Waals surface area (Å²) in [6, 6.07) is 4.20. The number of benzene rings is 1. The van der Waals surface area contributed by atoms with E-state index in [-0.39, 0.29) is 22.7 Å². The van der Waals surface area contributed by atoms with Crippen LogP contribution in [0.4, 0.5) is 0 Å². The van der Waals surface area contributed by atoms with Crippen LogP contribution in [-0.4, -0.2) is 17.7 Å². The minimum absolute atomic E-state index is 0.0336. The number of hydrogen-bond acceptors (Lipinski definition) is 3. The second kappa shape index (κ2) is 8.25. The summed E-state index contributed by atoms with van der Waals surface area (Å²) in [5, 5.41) is 10.7. The van der Waals surface area contributed by atoms with E-state index >= 15 is 0 Å². The van der Waals surface area contributed by atoms with Crippen molar-refractivity contribution in [2.75, 3.05) is 6.61 Å². The lowest BCUT2D eigenvalue weighted by molar-refractivity contribution is -0.148. The van der Waals surface area contributed by atoms with Crippen LogP contribution >= 0.6 is 0 Å². The largest absolute Gasteiger partial charge is 0.507 e. The average molecular weight is 349 g/mol. The molecule has 3 heteroatoms. The van der Waals surface area contributed by atoms with Crippen LogP contribution in [0.15, 0.2) is 12.1 Å². The molecule has 0 aliphatic heterocycles. The van der Waals surface area contributed by atoms with Crippen molar-refractivity contribution in [1.82, 2.24) is 0 Å². The van der Waals surface area contributed by atoms with Gasteiger partial charge >= 0.3 is 5.97 Å². The van der Waals surface area contributed by atoms with Gasteiger partial charge < -0.3 is 9.84 Å².